The van der Waals surface area contributed by atoms with Gasteiger partial charge in [-0.15, -0.1) is 0 Å². The average Bonchev–Trinajstić information content (AvgIpc) is 3.30. The molecule has 0 radical (unpaired) electrons. The first kappa shape index (κ1) is 14.6. The normalized spacial score (nSPS) is 15.2. The number of amides is 1. The summed E-state index contributed by atoms with van der Waals surface area (Å²) in [5.41, 5.74) is 1.49. The van der Waals surface area contributed by atoms with Crippen LogP contribution in [0.4, 0.5) is 0 Å². The number of benzene rings is 1. The predicted octanol–water partition coefficient (Wildman–Crippen LogP) is 2.29. The molecule has 20 heavy (non-hydrogen) atoms. The van der Waals surface area contributed by atoms with E-state index in [2.05, 4.69) is 18.8 Å². The molecular formula is C17H21NO2. The van der Waals surface area contributed by atoms with Crippen molar-refractivity contribution in [1.29, 1.82) is 0 Å². The Bertz CT molecular complexity index is 537. The lowest BCUT2D eigenvalue weighted by molar-refractivity contribution is 0.0727. The second kappa shape index (κ2) is 6.58. The summed E-state index contributed by atoms with van der Waals surface area (Å²) < 4.78 is 0. The van der Waals surface area contributed by atoms with Crippen molar-refractivity contribution in [3.63, 3.8) is 0 Å². The standard InChI is InChI=1S/C17H21NO2/c1-13(15-9-10-15)18(2)17(20)16-8-5-7-14(12-16)6-3-4-11-19/h5,7-8,12-13,15,19H,4,9-11H2,1-2H3. The van der Waals surface area contributed by atoms with Crippen LogP contribution in [0.5, 0.6) is 0 Å². The number of carbonyl (C=O) groups excluding carboxylic acids is 1. The second-order valence-electron chi connectivity index (χ2n) is 5.35. The number of nitrogens with zero attached hydrogens (tertiary/aromatic N) is 1. The van der Waals surface area contributed by atoms with Gasteiger partial charge in [-0.3, -0.25) is 4.79 Å². The summed E-state index contributed by atoms with van der Waals surface area (Å²) in [6.07, 6.45) is 2.91. The van der Waals surface area contributed by atoms with Crippen LogP contribution in [0.2, 0.25) is 0 Å². The van der Waals surface area contributed by atoms with E-state index >= 15 is 0 Å². The van der Waals surface area contributed by atoms with Crippen LogP contribution in [0.3, 0.4) is 0 Å². The lowest BCUT2D eigenvalue weighted by Gasteiger charge is -2.25. The number of rotatable bonds is 4. The smallest absolute Gasteiger partial charge is 0.253 e. The molecule has 0 bridgehead atoms. The molecule has 0 aliphatic heterocycles. The first-order valence-corrected chi connectivity index (χ1v) is 7.10. The fourth-order valence-corrected chi connectivity index (χ4v) is 2.23. The Morgan fingerprint density at radius 2 is 2.25 bits per heavy atom. The van der Waals surface area contributed by atoms with Gasteiger partial charge in [-0.2, -0.15) is 0 Å². The molecule has 3 heteroatoms. The van der Waals surface area contributed by atoms with Crippen molar-refractivity contribution in [2.45, 2.75) is 32.2 Å². The van der Waals surface area contributed by atoms with Crippen molar-refractivity contribution < 1.29 is 9.90 Å². The van der Waals surface area contributed by atoms with Crippen LogP contribution < -0.4 is 0 Å². The molecule has 0 spiro atoms. The molecule has 1 N–H and O–H groups in total. The van der Waals surface area contributed by atoms with Crippen LogP contribution in [0, 0.1) is 17.8 Å². The Kier molecular flexibility index (Phi) is 4.81. The second-order valence-corrected chi connectivity index (χ2v) is 5.35. The quantitative estimate of drug-likeness (QED) is 0.854. The maximum atomic E-state index is 12.4. The Balaban J connectivity index is 2.09. The highest BCUT2D eigenvalue weighted by Gasteiger charge is 2.32. The molecule has 1 aliphatic rings. The van der Waals surface area contributed by atoms with Gasteiger partial charge in [0.1, 0.15) is 0 Å². The van der Waals surface area contributed by atoms with Crippen molar-refractivity contribution in [3.8, 4) is 11.8 Å². The maximum absolute atomic E-state index is 12.4. The van der Waals surface area contributed by atoms with E-state index in [1.165, 1.54) is 12.8 Å². The van der Waals surface area contributed by atoms with Crippen LogP contribution in [-0.2, 0) is 0 Å². The molecule has 1 saturated carbocycles. The van der Waals surface area contributed by atoms with Gasteiger partial charge in [0.15, 0.2) is 0 Å². The molecule has 1 amide bonds. The predicted molar refractivity (Wildman–Crippen MR) is 79.3 cm³/mol. The third-order valence-corrected chi connectivity index (χ3v) is 3.81. The van der Waals surface area contributed by atoms with Crippen molar-refractivity contribution >= 4 is 5.91 Å². The number of aliphatic hydroxyl groups excluding tert-OH is 1. The largest absolute Gasteiger partial charge is 0.395 e. The summed E-state index contributed by atoms with van der Waals surface area (Å²) in [7, 11) is 1.87. The van der Waals surface area contributed by atoms with Crippen LogP contribution in [0.1, 0.15) is 42.1 Å². The average molecular weight is 271 g/mol. The molecule has 1 unspecified atom stereocenters. The summed E-state index contributed by atoms with van der Waals surface area (Å²) in [5, 5.41) is 8.72. The van der Waals surface area contributed by atoms with E-state index < -0.39 is 0 Å². The minimum Gasteiger partial charge on any atom is -0.395 e. The summed E-state index contributed by atoms with van der Waals surface area (Å²) in [4.78, 5) is 14.3. The van der Waals surface area contributed by atoms with E-state index in [1.54, 1.807) is 0 Å². The van der Waals surface area contributed by atoms with Gasteiger partial charge in [-0.25, -0.2) is 0 Å². The molecule has 2 rings (SSSR count). The van der Waals surface area contributed by atoms with E-state index in [-0.39, 0.29) is 12.5 Å². The van der Waals surface area contributed by atoms with E-state index in [4.69, 9.17) is 5.11 Å². The molecule has 1 atom stereocenters. The van der Waals surface area contributed by atoms with Crippen molar-refractivity contribution in [3.05, 3.63) is 35.4 Å². The van der Waals surface area contributed by atoms with Crippen molar-refractivity contribution in [2.24, 2.45) is 5.92 Å². The van der Waals surface area contributed by atoms with E-state index in [9.17, 15) is 4.79 Å². The Morgan fingerprint density at radius 1 is 1.50 bits per heavy atom. The topological polar surface area (TPSA) is 40.5 Å². The zero-order chi connectivity index (χ0) is 14.5. The Hall–Kier alpha value is -1.79. The third-order valence-electron chi connectivity index (χ3n) is 3.81. The highest BCUT2D eigenvalue weighted by Crippen LogP contribution is 2.35. The molecule has 1 aliphatic carbocycles. The summed E-state index contributed by atoms with van der Waals surface area (Å²) in [6, 6.07) is 7.68. The molecule has 3 nitrogen and oxygen atoms in total. The number of aliphatic hydroxyl groups is 1. The minimum absolute atomic E-state index is 0.0511. The minimum atomic E-state index is 0.0511. The van der Waals surface area contributed by atoms with E-state index in [1.807, 2.05) is 36.2 Å². The molecule has 1 fully saturated rings. The van der Waals surface area contributed by atoms with Gasteiger partial charge in [-0.1, -0.05) is 17.9 Å². The lowest BCUT2D eigenvalue weighted by Crippen LogP contribution is -2.36. The number of carbonyl (C=O) groups is 1. The van der Waals surface area contributed by atoms with Gasteiger partial charge in [0.2, 0.25) is 0 Å². The zero-order valence-electron chi connectivity index (χ0n) is 12.1. The first-order valence-electron chi connectivity index (χ1n) is 7.10. The molecule has 106 valence electrons. The van der Waals surface area contributed by atoms with E-state index in [0.29, 0.717) is 23.9 Å². The summed E-state index contributed by atoms with van der Waals surface area (Å²) >= 11 is 0. The van der Waals surface area contributed by atoms with Gasteiger partial charge < -0.3 is 10.0 Å². The van der Waals surface area contributed by atoms with Gasteiger partial charge in [0, 0.05) is 30.6 Å². The van der Waals surface area contributed by atoms with Gasteiger partial charge in [0.05, 0.1) is 6.61 Å². The molecule has 1 aromatic carbocycles. The highest BCUT2D eigenvalue weighted by molar-refractivity contribution is 5.94. The van der Waals surface area contributed by atoms with E-state index in [0.717, 1.165) is 5.56 Å². The maximum Gasteiger partial charge on any atom is 0.253 e. The molecule has 0 heterocycles. The Morgan fingerprint density at radius 3 is 2.90 bits per heavy atom. The van der Waals surface area contributed by atoms with Gasteiger partial charge in [0.25, 0.3) is 5.91 Å². The molecule has 0 aromatic heterocycles. The van der Waals surface area contributed by atoms with Gasteiger partial charge in [-0.05, 0) is 43.9 Å². The van der Waals surface area contributed by atoms with Crippen LogP contribution in [0.15, 0.2) is 24.3 Å². The fraction of sp³-hybridized carbons (Fsp3) is 0.471. The summed E-state index contributed by atoms with van der Waals surface area (Å²) in [5.74, 6) is 6.55. The van der Waals surface area contributed by atoms with Crippen LogP contribution in [-0.4, -0.2) is 35.6 Å². The Labute approximate surface area is 120 Å². The molecule has 0 saturated heterocycles. The third kappa shape index (κ3) is 3.61. The monoisotopic (exact) mass is 271 g/mol. The fourth-order valence-electron chi connectivity index (χ4n) is 2.23. The van der Waals surface area contributed by atoms with Crippen molar-refractivity contribution in [1.82, 2.24) is 4.90 Å². The van der Waals surface area contributed by atoms with Crippen LogP contribution >= 0.6 is 0 Å². The van der Waals surface area contributed by atoms with Gasteiger partial charge >= 0.3 is 0 Å². The highest BCUT2D eigenvalue weighted by atomic mass is 16.2. The summed E-state index contributed by atoms with van der Waals surface area (Å²) in [6.45, 7) is 2.17. The lowest BCUT2D eigenvalue weighted by atomic mass is 10.1. The first-order chi connectivity index (χ1) is 9.63. The number of hydrogen-bond acceptors (Lipinski definition) is 2. The SMILES string of the molecule is CC(C1CC1)N(C)C(=O)c1cccc(C#CCCO)c1. The van der Waals surface area contributed by atoms with Crippen LogP contribution in [0.25, 0.3) is 0 Å². The molecular weight excluding hydrogens is 250 g/mol. The van der Waals surface area contributed by atoms with Crippen molar-refractivity contribution in [2.75, 3.05) is 13.7 Å². The number of hydrogen-bond donors (Lipinski definition) is 1. The zero-order valence-corrected chi connectivity index (χ0v) is 12.1. The molecule has 1 aromatic rings.